The summed E-state index contributed by atoms with van der Waals surface area (Å²) in [5.74, 6) is -2.30. The van der Waals surface area contributed by atoms with Crippen LogP contribution in [0, 0.1) is 5.82 Å². The Bertz CT molecular complexity index is 1380. The molecule has 0 spiro atoms. The van der Waals surface area contributed by atoms with Gasteiger partial charge >= 0.3 is 0 Å². The maximum Gasteiger partial charge on any atom is 0.295 e. The molecular formula is C26H20FN3O3. The zero-order chi connectivity index (χ0) is 22.9. The average molecular weight is 441 g/mol. The molecule has 1 aliphatic heterocycles. The van der Waals surface area contributed by atoms with E-state index in [1.807, 2.05) is 30.5 Å². The van der Waals surface area contributed by atoms with Crippen molar-refractivity contribution in [3.05, 3.63) is 107 Å². The number of ketones is 1. The van der Waals surface area contributed by atoms with E-state index in [1.165, 1.54) is 29.2 Å². The maximum atomic E-state index is 13.4. The largest absolute Gasteiger partial charge is 0.507 e. The van der Waals surface area contributed by atoms with Gasteiger partial charge in [0.15, 0.2) is 0 Å². The maximum absolute atomic E-state index is 13.4. The molecule has 7 heteroatoms. The van der Waals surface area contributed by atoms with Gasteiger partial charge < -0.3 is 15.0 Å². The van der Waals surface area contributed by atoms with Crippen LogP contribution in [0.1, 0.15) is 22.9 Å². The first kappa shape index (κ1) is 20.6. The van der Waals surface area contributed by atoms with Crippen LogP contribution < -0.4 is 0 Å². The standard InChI is InChI=1S/C26H20FN3O3/c27-18-10-8-16(9-11-18)24(31)22-23(21-7-3-4-13-28-21)30(26(33)25(22)32)14-12-17-15-29-20-6-2-1-5-19(17)20/h1-11,13,15,23,29,31H,12,14H2/t23-/m1/s1. The van der Waals surface area contributed by atoms with Crippen molar-refractivity contribution in [2.75, 3.05) is 6.54 Å². The predicted octanol–water partition coefficient (Wildman–Crippen LogP) is 4.37. The SMILES string of the molecule is O=C1C(=O)N(CCc2c[nH]c3ccccc23)[C@H](c2ccccn2)C1=C(O)c1ccc(F)cc1. The fourth-order valence-corrected chi connectivity index (χ4v) is 4.30. The van der Waals surface area contributed by atoms with Crippen LogP contribution in [0.2, 0.25) is 0 Å². The van der Waals surface area contributed by atoms with E-state index in [2.05, 4.69) is 9.97 Å². The summed E-state index contributed by atoms with van der Waals surface area (Å²) in [6.45, 7) is 0.258. The Hall–Kier alpha value is -4.26. The molecule has 0 saturated carbocycles. The van der Waals surface area contributed by atoms with E-state index >= 15 is 0 Å². The first-order chi connectivity index (χ1) is 16.0. The molecule has 2 aromatic heterocycles. The normalized spacial score (nSPS) is 17.7. The van der Waals surface area contributed by atoms with E-state index in [0.29, 0.717) is 12.1 Å². The van der Waals surface area contributed by atoms with Crippen LogP contribution in [0.25, 0.3) is 16.7 Å². The van der Waals surface area contributed by atoms with Gasteiger partial charge in [-0.3, -0.25) is 14.6 Å². The molecule has 5 rings (SSSR count). The fourth-order valence-electron chi connectivity index (χ4n) is 4.30. The molecule has 0 unspecified atom stereocenters. The molecule has 2 aromatic carbocycles. The highest BCUT2D eigenvalue weighted by atomic mass is 19.1. The fraction of sp³-hybridized carbons (Fsp3) is 0.115. The van der Waals surface area contributed by atoms with E-state index in [-0.39, 0.29) is 23.4 Å². The number of aromatic nitrogens is 2. The Kier molecular flexibility index (Phi) is 5.22. The highest BCUT2D eigenvalue weighted by Crippen LogP contribution is 2.38. The number of aliphatic hydroxyl groups is 1. The number of H-pyrrole nitrogens is 1. The number of carbonyl (C=O) groups excluding carboxylic acids is 2. The van der Waals surface area contributed by atoms with Crippen LogP contribution in [0.4, 0.5) is 4.39 Å². The number of Topliss-reactive ketones (excluding diaryl/α,β-unsaturated/α-hetero) is 1. The predicted molar refractivity (Wildman–Crippen MR) is 122 cm³/mol. The Balaban J connectivity index is 1.55. The number of amides is 1. The molecule has 0 aliphatic carbocycles. The minimum absolute atomic E-state index is 0.0516. The Morgan fingerprint density at radius 3 is 2.55 bits per heavy atom. The number of hydrogen-bond donors (Lipinski definition) is 2. The van der Waals surface area contributed by atoms with Gasteiger partial charge in [-0.05, 0) is 54.4 Å². The third kappa shape index (κ3) is 3.67. The molecule has 1 saturated heterocycles. The number of pyridine rings is 1. The van der Waals surface area contributed by atoms with Crippen LogP contribution >= 0.6 is 0 Å². The molecule has 1 fully saturated rings. The highest BCUT2D eigenvalue weighted by molar-refractivity contribution is 6.46. The van der Waals surface area contributed by atoms with Crippen molar-refractivity contribution in [3.8, 4) is 0 Å². The van der Waals surface area contributed by atoms with Gasteiger partial charge in [0.05, 0.1) is 11.3 Å². The molecule has 33 heavy (non-hydrogen) atoms. The zero-order valence-electron chi connectivity index (χ0n) is 17.5. The second-order valence-corrected chi connectivity index (χ2v) is 7.86. The van der Waals surface area contributed by atoms with Gasteiger partial charge in [0.25, 0.3) is 11.7 Å². The minimum Gasteiger partial charge on any atom is -0.507 e. The van der Waals surface area contributed by atoms with Crippen LogP contribution in [-0.2, 0) is 16.0 Å². The van der Waals surface area contributed by atoms with Gasteiger partial charge in [-0.2, -0.15) is 0 Å². The van der Waals surface area contributed by atoms with Crippen molar-refractivity contribution in [1.82, 2.24) is 14.9 Å². The molecule has 1 atom stereocenters. The number of para-hydroxylation sites is 1. The number of likely N-dealkylation sites (tertiary alicyclic amines) is 1. The second-order valence-electron chi connectivity index (χ2n) is 7.86. The number of nitrogens with zero attached hydrogens (tertiary/aromatic N) is 2. The van der Waals surface area contributed by atoms with Crippen LogP contribution in [0.5, 0.6) is 0 Å². The number of rotatable bonds is 5. The van der Waals surface area contributed by atoms with Crippen molar-refractivity contribution in [1.29, 1.82) is 0 Å². The summed E-state index contributed by atoms with van der Waals surface area (Å²) < 4.78 is 13.4. The lowest BCUT2D eigenvalue weighted by atomic mass is 9.98. The van der Waals surface area contributed by atoms with E-state index in [9.17, 15) is 19.1 Å². The molecule has 164 valence electrons. The number of aliphatic hydroxyl groups excluding tert-OH is 1. The molecule has 2 N–H and O–H groups in total. The second kappa shape index (κ2) is 8.35. The summed E-state index contributed by atoms with van der Waals surface area (Å²) in [6, 6.07) is 17.4. The minimum atomic E-state index is -0.846. The smallest absolute Gasteiger partial charge is 0.295 e. The summed E-state index contributed by atoms with van der Waals surface area (Å²) in [5, 5.41) is 12.0. The molecule has 3 heterocycles. The van der Waals surface area contributed by atoms with Crippen molar-refractivity contribution in [2.24, 2.45) is 0 Å². The number of fused-ring (bicyclic) bond motifs is 1. The number of benzene rings is 2. The lowest BCUT2D eigenvalue weighted by Crippen LogP contribution is -2.32. The molecule has 1 amide bonds. The number of aromatic amines is 1. The molecule has 6 nitrogen and oxygen atoms in total. The van der Waals surface area contributed by atoms with Gasteiger partial charge in [0.1, 0.15) is 17.6 Å². The summed E-state index contributed by atoms with van der Waals surface area (Å²) in [5.41, 5.74) is 2.69. The molecule has 0 bridgehead atoms. The summed E-state index contributed by atoms with van der Waals surface area (Å²) >= 11 is 0. The van der Waals surface area contributed by atoms with E-state index < -0.39 is 23.5 Å². The van der Waals surface area contributed by atoms with Gasteiger partial charge in [-0.15, -0.1) is 0 Å². The summed E-state index contributed by atoms with van der Waals surface area (Å²) in [4.78, 5) is 35.1. The molecule has 1 aliphatic rings. The number of halogens is 1. The zero-order valence-corrected chi connectivity index (χ0v) is 17.5. The van der Waals surface area contributed by atoms with E-state index in [4.69, 9.17) is 0 Å². The third-order valence-corrected chi connectivity index (χ3v) is 5.92. The van der Waals surface area contributed by atoms with Crippen molar-refractivity contribution in [3.63, 3.8) is 0 Å². The molecular weight excluding hydrogens is 421 g/mol. The van der Waals surface area contributed by atoms with Crippen molar-refractivity contribution in [2.45, 2.75) is 12.5 Å². The van der Waals surface area contributed by atoms with Crippen molar-refractivity contribution >= 4 is 28.4 Å². The number of nitrogens with one attached hydrogen (secondary N) is 1. The lowest BCUT2D eigenvalue weighted by molar-refractivity contribution is -0.139. The highest BCUT2D eigenvalue weighted by Gasteiger charge is 2.46. The van der Waals surface area contributed by atoms with Crippen LogP contribution in [0.15, 0.2) is 84.7 Å². The lowest BCUT2D eigenvalue weighted by Gasteiger charge is -2.24. The van der Waals surface area contributed by atoms with Gasteiger partial charge in [-0.25, -0.2) is 4.39 Å². The Morgan fingerprint density at radius 1 is 1.03 bits per heavy atom. The van der Waals surface area contributed by atoms with E-state index in [0.717, 1.165) is 16.5 Å². The number of carbonyl (C=O) groups is 2. The van der Waals surface area contributed by atoms with Crippen LogP contribution in [0.3, 0.4) is 0 Å². The molecule has 0 radical (unpaired) electrons. The van der Waals surface area contributed by atoms with Gasteiger partial charge in [0, 0.05) is 35.4 Å². The topological polar surface area (TPSA) is 86.3 Å². The molecule has 4 aromatic rings. The third-order valence-electron chi connectivity index (χ3n) is 5.92. The van der Waals surface area contributed by atoms with Crippen molar-refractivity contribution < 1.29 is 19.1 Å². The summed E-state index contributed by atoms with van der Waals surface area (Å²) in [6.07, 6.45) is 3.99. The first-order valence-corrected chi connectivity index (χ1v) is 10.5. The quantitative estimate of drug-likeness (QED) is 0.274. The average Bonchev–Trinajstić information content (AvgIpc) is 3.37. The van der Waals surface area contributed by atoms with Gasteiger partial charge in [0.2, 0.25) is 0 Å². The Morgan fingerprint density at radius 2 is 1.79 bits per heavy atom. The summed E-state index contributed by atoms with van der Waals surface area (Å²) in [7, 11) is 0. The monoisotopic (exact) mass is 441 g/mol. The van der Waals surface area contributed by atoms with Gasteiger partial charge in [-0.1, -0.05) is 24.3 Å². The van der Waals surface area contributed by atoms with Crippen LogP contribution in [-0.4, -0.2) is 38.2 Å². The van der Waals surface area contributed by atoms with E-state index in [1.54, 1.807) is 24.4 Å². The number of hydrogen-bond acceptors (Lipinski definition) is 4. The Labute approximate surface area is 189 Å². The first-order valence-electron chi connectivity index (χ1n) is 10.5.